The maximum atomic E-state index is 6.66. The Kier molecular flexibility index (Phi) is 4.63. The molecule has 10 aromatic rings. The monoisotopic (exact) mass is 566 g/mol. The van der Waals surface area contributed by atoms with Crippen molar-refractivity contribution >= 4 is 86.0 Å². The highest BCUT2D eigenvalue weighted by molar-refractivity contribution is 7.26. The fourth-order valence-corrected chi connectivity index (χ4v) is 8.38. The van der Waals surface area contributed by atoms with Gasteiger partial charge in [-0.15, -0.1) is 11.3 Å². The zero-order chi connectivity index (χ0) is 28.1. The second kappa shape index (κ2) is 8.57. The van der Waals surface area contributed by atoms with E-state index in [1.54, 1.807) is 6.26 Å². The van der Waals surface area contributed by atoms with E-state index in [-0.39, 0.29) is 0 Å². The van der Waals surface area contributed by atoms with Crippen molar-refractivity contribution in [3.63, 3.8) is 0 Å². The van der Waals surface area contributed by atoms with Crippen LogP contribution in [-0.2, 0) is 0 Å². The summed E-state index contributed by atoms with van der Waals surface area (Å²) in [6.45, 7) is 0. The van der Waals surface area contributed by atoms with Gasteiger partial charge in [-0.25, -0.2) is 0 Å². The van der Waals surface area contributed by atoms with E-state index in [0.29, 0.717) is 0 Å². The molecule has 200 valence electrons. The molecule has 7 aromatic carbocycles. The van der Waals surface area contributed by atoms with Gasteiger partial charge in [0, 0.05) is 47.6 Å². The molecule has 0 N–H and O–H groups in total. The van der Waals surface area contributed by atoms with Crippen LogP contribution >= 0.6 is 11.3 Å². The van der Waals surface area contributed by atoms with Gasteiger partial charge in [0.05, 0.1) is 11.6 Å². The largest absolute Gasteiger partial charge is 0.464 e. The topological polar surface area (TPSA) is 26.3 Å². The van der Waals surface area contributed by atoms with Gasteiger partial charge in [0.15, 0.2) is 0 Å². The van der Waals surface area contributed by atoms with Gasteiger partial charge in [-0.2, -0.15) is 0 Å². The molecule has 3 heteroatoms. The number of para-hydroxylation sites is 1. The minimum atomic E-state index is 0.839. The summed E-state index contributed by atoms with van der Waals surface area (Å²) in [5.41, 5.74) is 7.43. The zero-order valence-corrected chi connectivity index (χ0v) is 23.7. The molecule has 0 aliphatic rings. The van der Waals surface area contributed by atoms with Gasteiger partial charge in [-0.3, -0.25) is 0 Å². The molecule has 0 saturated heterocycles. The Hall–Kier alpha value is -5.38. The lowest BCUT2D eigenvalue weighted by Crippen LogP contribution is -1.91. The fraction of sp³-hybridized carbons (Fsp3) is 0. The predicted molar refractivity (Wildman–Crippen MR) is 182 cm³/mol. The molecule has 10 rings (SSSR count). The van der Waals surface area contributed by atoms with E-state index in [1.807, 2.05) is 17.4 Å². The van der Waals surface area contributed by atoms with E-state index >= 15 is 0 Å². The molecule has 0 amide bonds. The minimum Gasteiger partial charge on any atom is -0.464 e. The number of fused-ring (bicyclic) bond motifs is 10. The summed E-state index contributed by atoms with van der Waals surface area (Å²) in [6.07, 6.45) is 1.75. The van der Waals surface area contributed by atoms with Gasteiger partial charge < -0.3 is 8.83 Å². The number of furan rings is 2. The van der Waals surface area contributed by atoms with E-state index in [9.17, 15) is 0 Å². The standard InChI is InChI=1S/C40H22O2S/c1-3-12-27-25(10-1)35(30-15-8-16-31-37-33(42-39(30)31)20-19-23-21-22-41-38(23)37)26-11-2-4-13-28(26)36(27)32-17-7-14-29-24-9-5-6-18-34(24)43-40(29)32/h1-22H. The highest BCUT2D eigenvalue weighted by Crippen LogP contribution is 2.49. The molecule has 0 spiro atoms. The maximum absolute atomic E-state index is 6.66. The molecule has 0 saturated carbocycles. The lowest BCUT2D eigenvalue weighted by atomic mass is 9.85. The van der Waals surface area contributed by atoms with Gasteiger partial charge in [0.2, 0.25) is 0 Å². The summed E-state index contributed by atoms with van der Waals surface area (Å²) in [7, 11) is 0. The Bertz CT molecular complexity index is 2680. The maximum Gasteiger partial charge on any atom is 0.145 e. The molecule has 43 heavy (non-hydrogen) atoms. The average Bonchev–Trinajstić information content (AvgIpc) is 3.78. The zero-order valence-electron chi connectivity index (χ0n) is 22.9. The second-order valence-corrected chi connectivity index (χ2v) is 12.2. The van der Waals surface area contributed by atoms with Crippen LogP contribution in [0.5, 0.6) is 0 Å². The summed E-state index contributed by atoms with van der Waals surface area (Å²) in [5.74, 6) is 0. The number of hydrogen-bond donors (Lipinski definition) is 0. The number of benzene rings is 7. The number of thiophene rings is 1. The highest BCUT2D eigenvalue weighted by Gasteiger charge is 2.22. The van der Waals surface area contributed by atoms with E-state index < -0.39 is 0 Å². The smallest absolute Gasteiger partial charge is 0.145 e. The Balaban J connectivity index is 1.36. The van der Waals surface area contributed by atoms with Crippen molar-refractivity contribution in [2.45, 2.75) is 0 Å². The van der Waals surface area contributed by atoms with Crippen LogP contribution in [-0.4, -0.2) is 0 Å². The molecular weight excluding hydrogens is 545 g/mol. The molecule has 0 bridgehead atoms. The first kappa shape index (κ1) is 23.2. The molecule has 3 heterocycles. The summed E-state index contributed by atoms with van der Waals surface area (Å²) >= 11 is 1.88. The molecule has 0 radical (unpaired) electrons. The van der Waals surface area contributed by atoms with E-state index in [1.165, 1.54) is 58.4 Å². The SMILES string of the molecule is c1ccc2c(c1)sc1c(-c3c4ccccc4c(-c4cccc5c4oc4ccc6ccoc6c45)c4ccccc34)cccc12. The third-order valence-electron chi connectivity index (χ3n) is 8.95. The third kappa shape index (κ3) is 3.12. The Morgan fingerprint density at radius 3 is 1.79 bits per heavy atom. The van der Waals surface area contributed by atoms with Gasteiger partial charge >= 0.3 is 0 Å². The summed E-state index contributed by atoms with van der Waals surface area (Å²) in [6, 6.07) is 45.8. The molecular formula is C40H22O2S. The lowest BCUT2D eigenvalue weighted by molar-refractivity contribution is 0.618. The van der Waals surface area contributed by atoms with Crippen molar-refractivity contribution in [3.8, 4) is 22.3 Å². The van der Waals surface area contributed by atoms with Crippen molar-refractivity contribution in [2.24, 2.45) is 0 Å². The molecule has 0 atom stereocenters. The van der Waals surface area contributed by atoms with E-state index in [4.69, 9.17) is 8.83 Å². The molecule has 0 aliphatic carbocycles. The lowest BCUT2D eigenvalue weighted by Gasteiger charge is -2.18. The minimum absolute atomic E-state index is 0.839. The van der Waals surface area contributed by atoms with Crippen molar-refractivity contribution in [3.05, 3.63) is 134 Å². The Morgan fingerprint density at radius 2 is 1.05 bits per heavy atom. The molecule has 0 fully saturated rings. The van der Waals surface area contributed by atoms with Crippen LogP contribution in [0.25, 0.3) is 96.9 Å². The summed E-state index contributed by atoms with van der Waals surface area (Å²) < 4.78 is 15.3. The first-order valence-electron chi connectivity index (χ1n) is 14.5. The molecule has 0 unspecified atom stereocenters. The Labute approximate surface area is 250 Å². The van der Waals surface area contributed by atoms with Crippen molar-refractivity contribution in [1.82, 2.24) is 0 Å². The van der Waals surface area contributed by atoms with E-state index in [2.05, 4.69) is 121 Å². The van der Waals surface area contributed by atoms with Crippen LogP contribution in [0.1, 0.15) is 0 Å². The molecule has 3 aromatic heterocycles. The van der Waals surface area contributed by atoms with Crippen LogP contribution in [0, 0.1) is 0 Å². The predicted octanol–water partition coefficient (Wildman–Crippen LogP) is 12.3. The first-order valence-corrected chi connectivity index (χ1v) is 15.3. The highest BCUT2D eigenvalue weighted by atomic mass is 32.1. The first-order chi connectivity index (χ1) is 21.3. The number of rotatable bonds is 2. The number of hydrogen-bond acceptors (Lipinski definition) is 3. The molecule has 2 nitrogen and oxygen atoms in total. The van der Waals surface area contributed by atoms with Crippen LogP contribution in [0.15, 0.2) is 142 Å². The molecule has 0 aliphatic heterocycles. The average molecular weight is 567 g/mol. The second-order valence-electron chi connectivity index (χ2n) is 11.2. The third-order valence-corrected chi connectivity index (χ3v) is 10.2. The van der Waals surface area contributed by atoms with Crippen molar-refractivity contribution in [2.75, 3.05) is 0 Å². The van der Waals surface area contributed by atoms with Gasteiger partial charge in [-0.05, 0) is 51.4 Å². The summed E-state index contributed by atoms with van der Waals surface area (Å²) in [5, 5.41) is 10.7. The summed E-state index contributed by atoms with van der Waals surface area (Å²) in [4.78, 5) is 0. The van der Waals surface area contributed by atoms with E-state index in [0.717, 1.165) is 38.5 Å². The van der Waals surface area contributed by atoms with Gasteiger partial charge in [-0.1, -0.05) is 103 Å². The van der Waals surface area contributed by atoms with Gasteiger partial charge in [0.1, 0.15) is 16.7 Å². The van der Waals surface area contributed by atoms with Crippen LogP contribution in [0.2, 0.25) is 0 Å². The fourth-order valence-electron chi connectivity index (χ4n) is 7.16. The van der Waals surface area contributed by atoms with Crippen LogP contribution in [0.4, 0.5) is 0 Å². The Morgan fingerprint density at radius 1 is 0.442 bits per heavy atom. The van der Waals surface area contributed by atoms with Crippen molar-refractivity contribution in [1.29, 1.82) is 0 Å². The quantitative estimate of drug-likeness (QED) is 0.195. The van der Waals surface area contributed by atoms with Crippen LogP contribution in [0.3, 0.4) is 0 Å². The van der Waals surface area contributed by atoms with Crippen molar-refractivity contribution < 1.29 is 8.83 Å². The van der Waals surface area contributed by atoms with Gasteiger partial charge in [0.25, 0.3) is 0 Å². The van der Waals surface area contributed by atoms with Crippen LogP contribution < -0.4 is 0 Å². The normalized spacial score (nSPS) is 12.2.